The first-order valence-corrected chi connectivity index (χ1v) is 17.9. The van der Waals surface area contributed by atoms with Gasteiger partial charge in [-0.2, -0.15) is 0 Å². The molecule has 0 saturated carbocycles. The number of unbranched alkanes of at least 4 members (excludes halogenated alkanes) is 11. The largest absolute Gasteiger partial charge is 0.394 e. The zero-order chi connectivity index (χ0) is 35.5. The molecule has 0 aliphatic carbocycles. The summed E-state index contributed by atoms with van der Waals surface area (Å²) in [7, 11) is 0. The second kappa shape index (κ2) is 24.0. The molecular formula is C34H63NO13. The monoisotopic (exact) mass is 693 g/mol. The van der Waals surface area contributed by atoms with E-state index in [9.17, 15) is 45.6 Å². The van der Waals surface area contributed by atoms with Crippen LogP contribution in [0.1, 0.15) is 104 Å². The molecule has 0 aromatic carbocycles. The number of hydrogen-bond donors (Lipinski definition) is 9. The van der Waals surface area contributed by atoms with Gasteiger partial charge in [0.05, 0.1) is 32.0 Å². The molecule has 2 saturated heterocycles. The molecule has 9 N–H and O–H groups in total. The predicted octanol–water partition coefficient (Wildman–Crippen LogP) is 0.530. The lowest BCUT2D eigenvalue weighted by atomic mass is 9.97. The highest BCUT2D eigenvalue weighted by Gasteiger charge is 2.50. The average Bonchev–Trinajstić information content (AvgIpc) is 3.08. The Labute approximate surface area is 285 Å². The first kappa shape index (κ1) is 42.9. The molecule has 48 heavy (non-hydrogen) atoms. The molecule has 0 aromatic rings. The van der Waals surface area contributed by atoms with Crippen LogP contribution in [0.3, 0.4) is 0 Å². The Morgan fingerprint density at radius 1 is 0.729 bits per heavy atom. The standard InChI is InChI=1S/C34H63NO13/c1-3-5-7-9-11-13-15-17-23(38)22(35-26(39)18-16-14-12-10-8-6-4-2)21-45-33-31(44)29(42)32(25(20-37)47-33)48-34-30(43)28(41)27(40)24(19-36)46-34/h15,17,22-25,27-34,36-38,40-44H,3-14,16,18-21H2,1-2H3,(H,35,39)/b17-15+. The van der Waals surface area contributed by atoms with Crippen molar-refractivity contribution in [2.45, 2.75) is 177 Å². The summed E-state index contributed by atoms with van der Waals surface area (Å²) in [5, 5.41) is 85.5. The molecular weight excluding hydrogens is 630 g/mol. The van der Waals surface area contributed by atoms with E-state index in [4.69, 9.17) is 18.9 Å². The van der Waals surface area contributed by atoms with Crippen LogP contribution in [0.15, 0.2) is 12.2 Å². The molecule has 0 spiro atoms. The Kier molecular flexibility index (Phi) is 21.5. The van der Waals surface area contributed by atoms with Gasteiger partial charge < -0.3 is 65.1 Å². The summed E-state index contributed by atoms with van der Waals surface area (Å²) < 4.78 is 22.4. The number of carbonyl (C=O) groups excluding carboxylic acids is 1. The van der Waals surface area contributed by atoms with Crippen molar-refractivity contribution in [3.8, 4) is 0 Å². The smallest absolute Gasteiger partial charge is 0.220 e. The quantitative estimate of drug-likeness (QED) is 0.0497. The minimum atomic E-state index is -1.78. The van der Waals surface area contributed by atoms with Crippen molar-refractivity contribution >= 4 is 5.91 Å². The number of rotatable bonds is 24. The summed E-state index contributed by atoms with van der Waals surface area (Å²) >= 11 is 0. The van der Waals surface area contributed by atoms with Gasteiger partial charge in [-0.15, -0.1) is 0 Å². The highest BCUT2D eigenvalue weighted by Crippen LogP contribution is 2.29. The van der Waals surface area contributed by atoms with Crippen molar-refractivity contribution in [3.63, 3.8) is 0 Å². The number of ether oxygens (including phenoxy) is 4. The molecule has 0 bridgehead atoms. The zero-order valence-electron chi connectivity index (χ0n) is 28.7. The van der Waals surface area contributed by atoms with Crippen molar-refractivity contribution in [2.24, 2.45) is 0 Å². The molecule has 2 rings (SSSR count). The zero-order valence-corrected chi connectivity index (χ0v) is 28.7. The predicted molar refractivity (Wildman–Crippen MR) is 175 cm³/mol. The van der Waals surface area contributed by atoms with Crippen molar-refractivity contribution in [3.05, 3.63) is 12.2 Å². The maximum Gasteiger partial charge on any atom is 0.220 e. The van der Waals surface area contributed by atoms with Crippen molar-refractivity contribution in [1.29, 1.82) is 0 Å². The van der Waals surface area contributed by atoms with Crippen LogP contribution in [-0.4, -0.2) is 140 Å². The molecule has 282 valence electrons. The summed E-state index contributed by atoms with van der Waals surface area (Å²) in [5.74, 6) is -0.254. The molecule has 12 atom stereocenters. The Balaban J connectivity index is 2.01. The number of aliphatic hydroxyl groups is 8. The van der Waals surface area contributed by atoms with E-state index in [1.807, 2.05) is 6.08 Å². The number of allylic oxidation sites excluding steroid dienone is 1. The summed E-state index contributed by atoms with van der Waals surface area (Å²) in [6.45, 7) is 2.60. The summed E-state index contributed by atoms with van der Waals surface area (Å²) in [6, 6.07) is -0.901. The van der Waals surface area contributed by atoms with E-state index < -0.39 is 86.8 Å². The number of hydrogen-bond acceptors (Lipinski definition) is 13. The Morgan fingerprint density at radius 2 is 1.29 bits per heavy atom. The van der Waals surface area contributed by atoms with E-state index in [0.717, 1.165) is 51.4 Å². The van der Waals surface area contributed by atoms with Gasteiger partial charge in [-0.3, -0.25) is 4.79 Å². The molecule has 0 aromatic heterocycles. The fourth-order valence-corrected chi connectivity index (χ4v) is 5.87. The van der Waals surface area contributed by atoms with Crippen LogP contribution in [0.5, 0.6) is 0 Å². The summed E-state index contributed by atoms with van der Waals surface area (Å²) in [6.07, 6.45) is 0.495. The van der Waals surface area contributed by atoms with Crippen LogP contribution >= 0.6 is 0 Å². The Hall–Kier alpha value is -1.27. The van der Waals surface area contributed by atoms with Gasteiger partial charge >= 0.3 is 0 Å². The number of carbonyl (C=O) groups is 1. The van der Waals surface area contributed by atoms with Crippen LogP contribution in [0.4, 0.5) is 0 Å². The van der Waals surface area contributed by atoms with E-state index >= 15 is 0 Å². The van der Waals surface area contributed by atoms with Crippen LogP contribution in [0.25, 0.3) is 0 Å². The van der Waals surface area contributed by atoms with Crippen LogP contribution in [-0.2, 0) is 23.7 Å². The maximum absolute atomic E-state index is 12.8. The fourth-order valence-electron chi connectivity index (χ4n) is 5.87. The minimum Gasteiger partial charge on any atom is -0.394 e. The second-order valence-corrected chi connectivity index (χ2v) is 13.0. The third-order valence-electron chi connectivity index (χ3n) is 8.97. The Morgan fingerprint density at radius 3 is 1.92 bits per heavy atom. The van der Waals surface area contributed by atoms with Gasteiger partial charge in [-0.25, -0.2) is 0 Å². The average molecular weight is 694 g/mol. The molecule has 2 aliphatic rings. The molecule has 14 nitrogen and oxygen atoms in total. The minimum absolute atomic E-state index is 0.254. The van der Waals surface area contributed by atoms with Gasteiger partial charge in [-0.05, 0) is 19.3 Å². The number of aliphatic hydroxyl groups excluding tert-OH is 8. The van der Waals surface area contributed by atoms with Crippen molar-refractivity contribution in [1.82, 2.24) is 5.32 Å². The van der Waals surface area contributed by atoms with Crippen LogP contribution in [0, 0.1) is 0 Å². The van der Waals surface area contributed by atoms with Crippen molar-refractivity contribution in [2.75, 3.05) is 19.8 Å². The highest BCUT2D eigenvalue weighted by atomic mass is 16.7. The van der Waals surface area contributed by atoms with Gasteiger partial charge in [0.15, 0.2) is 12.6 Å². The van der Waals surface area contributed by atoms with Gasteiger partial charge in [-0.1, -0.05) is 90.2 Å². The van der Waals surface area contributed by atoms with Crippen LogP contribution in [0.2, 0.25) is 0 Å². The lowest BCUT2D eigenvalue weighted by molar-refractivity contribution is -0.359. The van der Waals surface area contributed by atoms with E-state index in [1.165, 1.54) is 25.7 Å². The molecule has 2 heterocycles. The van der Waals surface area contributed by atoms with E-state index in [2.05, 4.69) is 19.2 Å². The third kappa shape index (κ3) is 14.2. The SMILES string of the molecule is CCCCCCC/C=C/C(O)C(COC1OC(CO)C(OC2OC(CO)C(O)C(O)C2O)C(O)C1O)NC(=O)CCCCCCCCC. The lowest BCUT2D eigenvalue weighted by Crippen LogP contribution is -2.65. The molecule has 1 amide bonds. The lowest BCUT2D eigenvalue weighted by Gasteiger charge is -2.46. The van der Waals surface area contributed by atoms with Gasteiger partial charge in [0, 0.05) is 6.42 Å². The fraction of sp³-hybridized carbons (Fsp3) is 0.912. The first-order chi connectivity index (χ1) is 23.1. The molecule has 14 heteroatoms. The molecule has 2 aliphatic heterocycles. The Bertz CT molecular complexity index is 878. The van der Waals surface area contributed by atoms with Gasteiger partial charge in [0.2, 0.25) is 5.91 Å². The molecule has 12 unspecified atom stereocenters. The van der Waals surface area contributed by atoms with Gasteiger partial charge in [0.1, 0.15) is 48.8 Å². The van der Waals surface area contributed by atoms with Gasteiger partial charge in [0.25, 0.3) is 0 Å². The molecule has 2 fully saturated rings. The number of nitrogens with one attached hydrogen (secondary N) is 1. The van der Waals surface area contributed by atoms with Crippen LogP contribution < -0.4 is 5.32 Å². The first-order valence-electron chi connectivity index (χ1n) is 17.9. The maximum atomic E-state index is 12.8. The highest BCUT2D eigenvalue weighted by molar-refractivity contribution is 5.76. The normalized spacial score (nSPS) is 32.4. The summed E-state index contributed by atoms with van der Waals surface area (Å²) in [5.41, 5.74) is 0. The second-order valence-electron chi connectivity index (χ2n) is 13.0. The topological polar surface area (TPSA) is 228 Å². The van der Waals surface area contributed by atoms with Crippen molar-refractivity contribution < 1.29 is 64.6 Å². The van der Waals surface area contributed by atoms with E-state index in [0.29, 0.717) is 6.42 Å². The van der Waals surface area contributed by atoms with E-state index in [-0.39, 0.29) is 18.9 Å². The molecule has 0 radical (unpaired) electrons. The third-order valence-corrected chi connectivity index (χ3v) is 8.97. The number of amides is 1. The summed E-state index contributed by atoms with van der Waals surface area (Å²) in [4.78, 5) is 12.8. The van der Waals surface area contributed by atoms with E-state index in [1.54, 1.807) is 6.08 Å².